The van der Waals surface area contributed by atoms with E-state index in [1.165, 1.54) is 0 Å². The highest BCUT2D eigenvalue weighted by molar-refractivity contribution is 5.67. The maximum Gasteiger partial charge on any atom is 0.405 e. The van der Waals surface area contributed by atoms with Gasteiger partial charge in [-0.15, -0.1) is 0 Å². The van der Waals surface area contributed by atoms with Gasteiger partial charge in [0.15, 0.2) is 5.65 Å². The third-order valence-electron chi connectivity index (χ3n) is 3.13. The van der Waals surface area contributed by atoms with Gasteiger partial charge in [-0.05, 0) is 25.1 Å². The van der Waals surface area contributed by atoms with Crippen LogP contribution in [0.25, 0.3) is 17.0 Å². The zero-order chi connectivity index (χ0) is 14.8. The number of carbonyl (C=O) groups is 1. The number of aromatic nitrogens is 4. The molecule has 1 atom stereocenters. The molecular weight excluding hydrogens is 270 g/mol. The first-order valence-electron chi connectivity index (χ1n) is 6.40. The molecule has 0 aliphatic carbocycles. The second-order valence-corrected chi connectivity index (χ2v) is 4.56. The smallest absolute Gasteiger partial charge is 0.405 e. The summed E-state index contributed by atoms with van der Waals surface area (Å²) in [5.41, 5.74) is 2.70. The molecule has 2 N–H and O–H groups in total. The van der Waals surface area contributed by atoms with Crippen molar-refractivity contribution in [3.05, 3.63) is 48.4 Å². The van der Waals surface area contributed by atoms with Crippen LogP contribution in [0.15, 0.2) is 42.9 Å². The summed E-state index contributed by atoms with van der Waals surface area (Å²) in [6.45, 7) is 1.76. The highest BCUT2D eigenvalue weighted by Gasteiger charge is 2.17. The van der Waals surface area contributed by atoms with Crippen LogP contribution in [-0.4, -0.2) is 30.8 Å². The lowest BCUT2D eigenvalue weighted by Gasteiger charge is -2.15. The molecule has 1 amide bonds. The number of fused-ring (bicyclic) bond motifs is 1. The molecule has 0 aromatic carbocycles. The van der Waals surface area contributed by atoms with Crippen LogP contribution >= 0.6 is 0 Å². The van der Waals surface area contributed by atoms with Crippen LogP contribution in [0.1, 0.15) is 18.5 Å². The molecule has 0 radical (unpaired) electrons. The van der Waals surface area contributed by atoms with E-state index in [0.717, 1.165) is 5.56 Å². The van der Waals surface area contributed by atoms with Crippen LogP contribution in [0.5, 0.6) is 0 Å². The topological polar surface area (TPSA) is 92.4 Å². The van der Waals surface area contributed by atoms with Gasteiger partial charge in [0.2, 0.25) is 0 Å². The average molecular weight is 283 g/mol. The monoisotopic (exact) mass is 283 g/mol. The Morgan fingerprint density at radius 3 is 2.90 bits per heavy atom. The van der Waals surface area contributed by atoms with E-state index < -0.39 is 12.1 Å². The number of hydrogen-bond donors (Lipinski definition) is 2. The summed E-state index contributed by atoms with van der Waals surface area (Å²) < 4.78 is 1.64. The Morgan fingerprint density at radius 2 is 2.19 bits per heavy atom. The molecule has 7 nitrogen and oxygen atoms in total. The second kappa shape index (κ2) is 5.20. The van der Waals surface area contributed by atoms with Gasteiger partial charge in [-0.2, -0.15) is 5.10 Å². The van der Waals surface area contributed by atoms with E-state index in [4.69, 9.17) is 5.11 Å². The molecule has 0 spiro atoms. The normalized spacial score (nSPS) is 12.2. The van der Waals surface area contributed by atoms with Crippen LogP contribution in [0, 0.1) is 0 Å². The summed E-state index contributed by atoms with van der Waals surface area (Å²) in [6, 6.07) is 6.91. The fraction of sp³-hybridized carbons (Fsp3) is 0.143. The first-order chi connectivity index (χ1) is 10.1. The standard InChI is InChI=1S/C14H13N5O2/c1-9(17-14(20)21)10-8-12-16-6-7-19(12)18-13(10)11-4-2-3-5-15-11/h2-9,17H,1H3,(H,20,21). The van der Waals surface area contributed by atoms with Crippen molar-refractivity contribution < 1.29 is 9.90 Å². The van der Waals surface area contributed by atoms with Crippen molar-refractivity contribution in [3.8, 4) is 11.4 Å². The first kappa shape index (κ1) is 13.0. The zero-order valence-corrected chi connectivity index (χ0v) is 11.3. The number of amides is 1. The number of hydrogen-bond acceptors (Lipinski definition) is 4. The van der Waals surface area contributed by atoms with Gasteiger partial charge in [0.05, 0.1) is 11.7 Å². The number of nitrogens with one attached hydrogen (secondary N) is 1. The highest BCUT2D eigenvalue weighted by atomic mass is 16.4. The van der Waals surface area contributed by atoms with E-state index >= 15 is 0 Å². The summed E-state index contributed by atoms with van der Waals surface area (Å²) in [4.78, 5) is 19.3. The maximum absolute atomic E-state index is 10.9. The molecule has 3 aromatic heterocycles. The minimum absolute atomic E-state index is 0.422. The van der Waals surface area contributed by atoms with Crippen molar-refractivity contribution in [3.63, 3.8) is 0 Å². The summed E-state index contributed by atoms with van der Waals surface area (Å²) in [5, 5.41) is 15.8. The van der Waals surface area contributed by atoms with Crippen molar-refractivity contribution in [1.29, 1.82) is 0 Å². The molecule has 3 aromatic rings. The van der Waals surface area contributed by atoms with Crippen molar-refractivity contribution in [1.82, 2.24) is 24.9 Å². The number of nitrogens with zero attached hydrogens (tertiary/aromatic N) is 4. The predicted molar refractivity (Wildman–Crippen MR) is 75.8 cm³/mol. The van der Waals surface area contributed by atoms with Gasteiger partial charge in [-0.3, -0.25) is 4.98 Å². The number of carboxylic acid groups (broad SMARTS) is 1. The van der Waals surface area contributed by atoms with E-state index in [0.29, 0.717) is 17.0 Å². The zero-order valence-electron chi connectivity index (χ0n) is 11.3. The average Bonchev–Trinajstić information content (AvgIpc) is 2.93. The Morgan fingerprint density at radius 1 is 1.33 bits per heavy atom. The molecule has 0 aliphatic heterocycles. The molecule has 21 heavy (non-hydrogen) atoms. The Labute approximate surface area is 120 Å². The van der Waals surface area contributed by atoms with E-state index in [2.05, 4.69) is 20.4 Å². The number of pyridine rings is 1. The van der Waals surface area contributed by atoms with E-state index in [-0.39, 0.29) is 0 Å². The quantitative estimate of drug-likeness (QED) is 0.768. The molecule has 1 unspecified atom stereocenters. The van der Waals surface area contributed by atoms with Gasteiger partial charge in [0, 0.05) is 24.2 Å². The molecule has 0 saturated heterocycles. The highest BCUT2D eigenvalue weighted by Crippen LogP contribution is 2.25. The Hall–Kier alpha value is -2.96. The third kappa shape index (κ3) is 2.53. The van der Waals surface area contributed by atoms with Crippen LogP contribution in [0.2, 0.25) is 0 Å². The second-order valence-electron chi connectivity index (χ2n) is 4.56. The summed E-state index contributed by atoms with van der Waals surface area (Å²) in [7, 11) is 0. The molecule has 0 saturated carbocycles. The number of imidazole rings is 1. The van der Waals surface area contributed by atoms with E-state index in [1.54, 1.807) is 30.0 Å². The molecule has 7 heteroatoms. The minimum atomic E-state index is -1.09. The van der Waals surface area contributed by atoms with Crippen LogP contribution in [-0.2, 0) is 0 Å². The number of rotatable bonds is 3. The Balaban J connectivity index is 2.17. The molecule has 0 aliphatic rings. The SMILES string of the molecule is CC(NC(=O)O)c1cc2nccn2nc1-c1ccccn1. The lowest BCUT2D eigenvalue weighted by molar-refractivity contribution is 0.191. The summed E-state index contributed by atoms with van der Waals surface area (Å²) in [6.07, 6.45) is 3.97. The Bertz CT molecular complexity index is 784. The van der Waals surface area contributed by atoms with Crippen LogP contribution < -0.4 is 5.32 Å². The van der Waals surface area contributed by atoms with Gasteiger partial charge in [-0.1, -0.05) is 6.07 Å². The van der Waals surface area contributed by atoms with Gasteiger partial charge in [0.1, 0.15) is 5.69 Å². The predicted octanol–water partition coefficient (Wildman–Crippen LogP) is 2.12. The van der Waals surface area contributed by atoms with E-state index in [1.807, 2.05) is 24.3 Å². The molecular formula is C14H13N5O2. The van der Waals surface area contributed by atoms with Gasteiger partial charge in [-0.25, -0.2) is 14.3 Å². The van der Waals surface area contributed by atoms with Gasteiger partial charge in [0.25, 0.3) is 0 Å². The lowest BCUT2D eigenvalue weighted by Crippen LogP contribution is -2.25. The summed E-state index contributed by atoms with van der Waals surface area (Å²) >= 11 is 0. The molecule has 0 bridgehead atoms. The van der Waals surface area contributed by atoms with Crippen molar-refractivity contribution >= 4 is 11.7 Å². The van der Waals surface area contributed by atoms with Crippen LogP contribution in [0.4, 0.5) is 4.79 Å². The van der Waals surface area contributed by atoms with Crippen molar-refractivity contribution in [2.75, 3.05) is 0 Å². The fourth-order valence-electron chi connectivity index (χ4n) is 2.16. The van der Waals surface area contributed by atoms with E-state index in [9.17, 15) is 4.79 Å². The minimum Gasteiger partial charge on any atom is -0.465 e. The maximum atomic E-state index is 10.9. The van der Waals surface area contributed by atoms with Crippen molar-refractivity contribution in [2.45, 2.75) is 13.0 Å². The largest absolute Gasteiger partial charge is 0.465 e. The molecule has 0 fully saturated rings. The van der Waals surface area contributed by atoms with Crippen molar-refractivity contribution in [2.24, 2.45) is 0 Å². The fourth-order valence-corrected chi connectivity index (χ4v) is 2.16. The molecule has 3 heterocycles. The van der Waals surface area contributed by atoms with Gasteiger partial charge >= 0.3 is 6.09 Å². The Kier molecular flexibility index (Phi) is 3.23. The lowest BCUT2D eigenvalue weighted by atomic mass is 10.0. The third-order valence-corrected chi connectivity index (χ3v) is 3.13. The molecule has 3 rings (SSSR count). The first-order valence-corrected chi connectivity index (χ1v) is 6.40. The molecule has 106 valence electrons. The summed E-state index contributed by atoms with van der Waals surface area (Å²) in [5.74, 6) is 0. The van der Waals surface area contributed by atoms with Gasteiger partial charge < -0.3 is 10.4 Å². The van der Waals surface area contributed by atoms with Crippen LogP contribution in [0.3, 0.4) is 0 Å².